The number of hydrogen-bond donors (Lipinski definition) is 2. The molecule has 3 amide bonds. The van der Waals surface area contributed by atoms with Crippen LogP contribution in [-0.4, -0.2) is 65.0 Å². The third-order valence-corrected chi connectivity index (χ3v) is 3.19. The molecule has 7 heteroatoms. The molecular weight excluding hydrogens is 250 g/mol. The highest BCUT2D eigenvalue weighted by molar-refractivity contribution is 5.82. The Morgan fingerprint density at radius 3 is 2.11 bits per heavy atom. The number of aliphatic carboxylic acids is 1. The van der Waals surface area contributed by atoms with Crippen molar-refractivity contribution in [2.75, 3.05) is 26.2 Å². The molecule has 1 saturated heterocycles. The summed E-state index contributed by atoms with van der Waals surface area (Å²) in [5.74, 6) is -1.02. The number of piperazine rings is 1. The molecule has 0 saturated carbocycles. The molecule has 19 heavy (non-hydrogen) atoms. The van der Waals surface area contributed by atoms with Crippen molar-refractivity contribution in [2.24, 2.45) is 0 Å². The number of urea groups is 1. The Bertz CT molecular complexity index is 351. The first-order valence-electron chi connectivity index (χ1n) is 6.49. The fourth-order valence-electron chi connectivity index (χ4n) is 2.01. The first-order valence-corrected chi connectivity index (χ1v) is 6.49. The fourth-order valence-corrected chi connectivity index (χ4v) is 2.01. The van der Waals surface area contributed by atoms with Gasteiger partial charge in [0, 0.05) is 33.1 Å². The minimum atomic E-state index is -1.02. The molecule has 108 valence electrons. The molecule has 1 atom stereocenters. The van der Waals surface area contributed by atoms with Gasteiger partial charge in [-0.05, 0) is 6.42 Å². The van der Waals surface area contributed by atoms with Crippen molar-refractivity contribution in [1.82, 2.24) is 15.1 Å². The second-order valence-electron chi connectivity index (χ2n) is 4.62. The summed E-state index contributed by atoms with van der Waals surface area (Å²) in [4.78, 5) is 37.2. The van der Waals surface area contributed by atoms with Crippen LogP contribution in [0.15, 0.2) is 0 Å². The van der Waals surface area contributed by atoms with Gasteiger partial charge < -0.3 is 20.2 Å². The van der Waals surface area contributed by atoms with Crippen LogP contribution in [0.25, 0.3) is 0 Å². The van der Waals surface area contributed by atoms with Crippen LogP contribution in [0, 0.1) is 0 Å². The Hall–Kier alpha value is -1.79. The zero-order chi connectivity index (χ0) is 14.4. The zero-order valence-electron chi connectivity index (χ0n) is 11.4. The van der Waals surface area contributed by atoms with Crippen molar-refractivity contribution in [3.8, 4) is 0 Å². The third-order valence-electron chi connectivity index (χ3n) is 3.19. The molecule has 1 aliphatic rings. The number of rotatable bonds is 4. The minimum absolute atomic E-state index is 0.00514. The number of nitrogens with zero attached hydrogens (tertiary/aromatic N) is 2. The van der Waals surface area contributed by atoms with Gasteiger partial charge in [0.25, 0.3) is 0 Å². The molecule has 0 aromatic heterocycles. The smallest absolute Gasteiger partial charge is 0.326 e. The maximum Gasteiger partial charge on any atom is 0.326 e. The van der Waals surface area contributed by atoms with Gasteiger partial charge in [-0.3, -0.25) is 4.79 Å². The summed E-state index contributed by atoms with van der Waals surface area (Å²) >= 11 is 0. The van der Waals surface area contributed by atoms with E-state index in [0.29, 0.717) is 39.0 Å². The van der Waals surface area contributed by atoms with Gasteiger partial charge in [0.2, 0.25) is 5.91 Å². The lowest BCUT2D eigenvalue weighted by Crippen LogP contribution is -2.55. The van der Waals surface area contributed by atoms with Crippen LogP contribution >= 0.6 is 0 Å². The molecule has 7 nitrogen and oxygen atoms in total. The van der Waals surface area contributed by atoms with Gasteiger partial charge in [-0.15, -0.1) is 0 Å². The van der Waals surface area contributed by atoms with E-state index in [9.17, 15) is 14.4 Å². The SMILES string of the molecule is CCC[C@H](NC(=O)N1CCN(C(C)=O)CC1)C(=O)O. The van der Waals surface area contributed by atoms with E-state index in [2.05, 4.69) is 5.32 Å². The van der Waals surface area contributed by atoms with Crippen LogP contribution in [0.5, 0.6) is 0 Å². The van der Waals surface area contributed by atoms with Gasteiger partial charge in [0.05, 0.1) is 0 Å². The second-order valence-corrected chi connectivity index (χ2v) is 4.62. The standard InChI is InChI=1S/C12H21N3O4/c1-3-4-10(11(17)18)13-12(19)15-7-5-14(6-8-15)9(2)16/h10H,3-8H2,1-2H3,(H,13,19)(H,17,18)/t10-/m0/s1. The largest absolute Gasteiger partial charge is 0.480 e. The molecule has 0 aromatic rings. The van der Waals surface area contributed by atoms with Crippen molar-refractivity contribution >= 4 is 17.9 Å². The maximum absolute atomic E-state index is 11.9. The molecule has 1 rings (SSSR count). The number of carbonyl (C=O) groups is 3. The Balaban J connectivity index is 2.46. The van der Waals surface area contributed by atoms with Gasteiger partial charge >= 0.3 is 12.0 Å². The van der Waals surface area contributed by atoms with E-state index >= 15 is 0 Å². The van der Waals surface area contributed by atoms with Gasteiger partial charge in [-0.2, -0.15) is 0 Å². The van der Waals surface area contributed by atoms with E-state index in [1.807, 2.05) is 6.92 Å². The predicted octanol–water partition coefficient (Wildman–Crippen LogP) is 0.113. The van der Waals surface area contributed by atoms with Crippen LogP contribution in [0.1, 0.15) is 26.7 Å². The minimum Gasteiger partial charge on any atom is -0.480 e. The molecule has 0 aromatic carbocycles. The molecule has 0 spiro atoms. The van der Waals surface area contributed by atoms with E-state index in [-0.39, 0.29) is 11.9 Å². The second kappa shape index (κ2) is 6.96. The third kappa shape index (κ3) is 4.42. The molecule has 0 aliphatic carbocycles. The Morgan fingerprint density at radius 1 is 1.16 bits per heavy atom. The number of carboxylic acid groups (broad SMARTS) is 1. The molecule has 2 N–H and O–H groups in total. The molecule has 1 aliphatic heterocycles. The van der Waals surface area contributed by atoms with Gasteiger partial charge in [-0.1, -0.05) is 13.3 Å². The van der Waals surface area contributed by atoms with Gasteiger partial charge in [-0.25, -0.2) is 9.59 Å². The first kappa shape index (κ1) is 15.3. The van der Waals surface area contributed by atoms with E-state index in [0.717, 1.165) is 0 Å². The van der Waals surface area contributed by atoms with E-state index in [1.54, 1.807) is 9.80 Å². The van der Waals surface area contributed by atoms with Crippen LogP contribution in [0.2, 0.25) is 0 Å². The Labute approximate surface area is 112 Å². The average molecular weight is 271 g/mol. The lowest BCUT2D eigenvalue weighted by atomic mass is 10.2. The Kier molecular flexibility index (Phi) is 5.59. The fraction of sp³-hybridized carbons (Fsp3) is 0.750. The highest BCUT2D eigenvalue weighted by atomic mass is 16.4. The molecule has 0 radical (unpaired) electrons. The van der Waals surface area contributed by atoms with Gasteiger partial charge in [0.1, 0.15) is 6.04 Å². The van der Waals surface area contributed by atoms with Crippen LogP contribution in [0.3, 0.4) is 0 Å². The number of amides is 3. The summed E-state index contributed by atoms with van der Waals surface area (Å²) < 4.78 is 0. The van der Waals surface area contributed by atoms with Gasteiger partial charge in [0.15, 0.2) is 0 Å². The zero-order valence-corrected chi connectivity index (χ0v) is 11.4. The monoisotopic (exact) mass is 271 g/mol. The number of hydrogen-bond acceptors (Lipinski definition) is 3. The first-order chi connectivity index (χ1) is 8.95. The number of carbonyl (C=O) groups excluding carboxylic acids is 2. The summed E-state index contributed by atoms with van der Waals surface area (Å²) in [5.41, 5.74) is 0. The van der Waals surface area contributed by atoms with Crippen LogP contribution in [-0.2, 0) is 9.59 Å². The lowest BCUT2D eigenvalue weighted by molar-refractivity contribution is -0.139. The molecule has 1 fully saturated rings. The Morgan fingerprint density at radius 2 is 1.68 bits per heavy atom. The predicted molar refractivity (Wildman–Crippen MR) is 68.7 cm³/mol. The number of carboxylic acids is 1. The van der Waals surface area contributed by atoms with Crippen molar-refractivity contribution in [1.29, 1.82) is 0 Å². The quantitative estimate of drug-likeness (QED) is 0.759. The van der Waals surface area contributed by atoms with E-state index in [4.69, 9.17) is 5.11 Å². The molecular formula is C12H21N3O4. The summed E-state index contributed by atoms with van der Waals surface area (Å²) in [6, 6.07) is -1.22. The summed E-state index contributed by atoms with van der Waals surface area (Å²) in [6.45, 7) is 5.22. The highest BCUT2D eigenvalue weighted by Crippen LogP contribution is 2.04. The summed E-state index contributed by atoms with van der Waals surface area (Å²) in [7, 11) is 0. The lowest BCUT2D eigenvalue weighted by Gasteiger charge is -2.34. The molecule has 0 unspecified atom stereocenters. The molecule has 1 heterocycles. The normalized spacial score (nSPS) is 16.9. The summed E-state index contributed by atoms with van der Waals surface area (Å²) in [5, 5.41) is 11.5. The number of nitrogens with one attached hydrogen (secondary N) is 1. The van der Waals surface area contributed by atoms with Crippen molar-refractivity contribution < 1.29 is 19.5 Å². The molecule has 0 bridgehead atoms. The maximum atomic E-state index is 11.9. The van der Waals surface area contributed by atoms with E-state index < -0.39 is 12.0 Å². The summed E-state index contributed by atoms with van der Waals surface area (Å²) in [6.07, 6.45) is 1.10. The highest BCUT2D eigenvalue weighted by Gasteiger charge is 2.25. The van der Waals surface area contributed by atoms with Crippen molar-refractivity contribution in [3.63, 3.8) is 0 Å². The van der Waals surface area contributed by atoms with E-state index in [1.165, 1.54) is 6.92 Å². The van der Waals surface area contributed by atoms with Crippen molar-refractivity contribution in [3.05, 3.63) is 0 Å². The van der Waals surface area contributed by atoms with Crippen molar-refractivity contribution in [2.45, 2.75) is 32.7 Å². The van der Waals surface area contributed by atoms with Crippen LogP contribution in [0.4, 0.5) is 4.79 Å². The topological polar surface area (TPSA) is 90.0 Å². The van der Waals surface area contributed by atoms with Crippen LogP contribution < -0.4 is 5.32 Å². The average Bonchev–Trinajstić information content (AvgIpc) is 2.38.